The van der Waals surface area contributed by atoms with E-state index in [9.17, 15) is 9.59 Å². The summed E-state index contributed by atoms with van der Waals surface area (Å²) in [7, 11) is 0. The first-order valence-corrected chi connectivity index (χ1v) is 11.7. The maximum Gasteiger partial charge on any atom is 0.243 e. The van der Waals surface area contributed by atoms with Gasteiger partial charge in [0.15, 0.2) is 0 Å². The van der Waals surface area contributed by atoms with Crippen molar-refractivity contribution in [3.05, 3.63) is 105 Å². The molecule has 0 spiro atoms. The van der Waals surface area contributed by atoms with Crippen molar-refractivity contribution in [3.8, 4) is 0 Å². The Morgan fingerprint density at radius 3 is 2.18 bits per heavy atom. The second-order valence-electron chi connectivity index (χ2n) is 7.93. The molecular formula is C27H28Cl2N2O2. The van der Waals surface area contributed by atoms with Crippen LogP contribution in [0.15, 0.2) is 72.8 Å². The van der Waals surface area contributed by atoms with E-state index in [0.717, 1.165) is 16.7 Å². The predicted octanol–water partition coefficient (Wildman–Crippen LogP) is 5.62. The van der Waals surface area contributed by atoms with Crippen LogP contribution in [0, 0.1) is 6.92 Å². The quantitative estimate of drug-likeness (QED) is 0.430. The van der Waals surface area contributed by atoms with Crippen LogP contribution in [0.1, 0.15) is 29.2 Å². The highest BCUT2D eigenvalue weighted by molar-refractivity contribution is 6.36. The minimum absolute atomic E-state index is 0.00901. The van der Waals surface area contributed by atoms with Gasteiger partial charge in [-0.3, -0.25) is 9.59 Å². The Morgan fingerprint density at radius 1 is 0.909 bits per heavy atom. The van der Waals surface area contributed by atoms with Crippen molar-refractivity contribution in [1.29, 1.82) is 0 Å². The van der Waals surface area contributed by atoms with Crippen LogP contribution in [-0.4, -0.2) is 29.3 Å². The third-order valence-electron chi connectivity index (χ3n) is 5.61. The van der Waals surface area contributed by atoms with Gasteiger partial charge in [0.05, 0.1) is 6.42 Å². The van der Waals surface area contributed by atoms with E-state index in [0.29, 0.717) is 35.1 Å². The molecule has 4 nitrogen and oxygen atoms in total. The monoisotopic (exact) mass is 482 g/mol. The number of rotatable bonds is 9. The van der Waals surface area contributed by atoms with Crippen molar-refractivity contribution < 1.29 is 9.59 Å². The van der Waals surface area contributed by atoms with Gasteiger partial charge in [0.2, 0.25) is 11.8 Å². The standard InChI is InChI=1S/C27H28Cl2N2O2/c1-3-30-27(33)25(16-20-11-5-4-6-12-20)31(18-21-13-8-7-10-19(21)2)26(32)17-22-23(28)14-9-15-24(22)29/h4-15,25H,3,16-18H2,1-2H3,(H,30,33)/t25-/m0/s1. The molecule has 0 heterocycles. The number of carbonyl (C=O) groups excluding carboxylic acids is 2. The molecule has 0 unspecified atom stereocenters. The molecule has 3 aromatic rings. The zero-order chi connectivity index (χ0) is 23.8. The number of carbonyl (C=O) groups is 2. The number of halogens is 2. The highest BCUT2D eigenvalue weighted by atomic mass is 35.5. The number of hydrogen-bond acceptors (Lipinski definition) is 2. The lowest BCUT2D eigenvalue weighted by molar-refractivity contribution is -0.140. The summed E-state index contributed by atoms with van der Waals surface area (Å²) >= 11 is 12.7. The van der Waals surface area contributed by atoms with Crippen molar-refractivity contribution in [2.24, 2.45) is 0 Å². The Hall–Kier alpha value is -2.82. The van der Waals surface area contributed by atoms with Gasteiger partial charge in [0, 0.05) is 29.6 Å². The van der Waals surface area contributed by atoms with E-state index in [4.69, 9.17) is 23.2 Å². The number of hydrogen-bond donors (Lipinski definition) is 1. The third-order valence-corrected chi connectivity index (χ3v) is 6.32. The molecule has 3 aromatic carbocycles. The molecule has 0 saturated heterocycles. The molecule has 0 aliphatic rings. The number of aryl methyl sites for hydroxylation is 1. The maximum atomic E-state index is 13.7. The van der Waals surface area contributed by atoms with Gasteiger partial charge < -0.3 is 10.2 Å². The van der Waals surface area contributed by atoms with Gasteiger partial charge >= 0.3 is 0 Å². The zero-order valence-electron chi connectivity index (χ0n) is 18.9. The van der Waals surface area contributed by atoms with Crippen LogP contribution >= 0.6 is 23.2 Å². The van der Waals surface area contributed by atoms with Gasteiger partial charge in [0.25, 0.3) is 0 Å². The summed E-state index contributed by atoms with van der Waals surface area (Å²) in [6, 6.07) is 22.1. The van der Waals surface area contributed by atoms with E-state index in [-0.39, 0.29) is 18.2 Å². The molecule has 0 aliphatic heterocycles. The summed E-state index contributed by atoms with van der Waals surface area (Å²) < 4.78 is 0. The molecule has 0 bridgehead atoms. The van der Waals surface area contributed by atoms with Gasteiger partial charge in [-0.1, -0.05) is 83.9 Å². The first kappa shape index (κ1) is 24.8. The van der Waals surface area contributed by atoms with Crippen molar-refractivity contribution in [3.63, 3.8) is 0 Å². The molecule has 0 saturated carbocycles. The number of amides is 2. The smallest absolute Gasteiger partial charge is 0.243 e. The zero-order valence-corrected chi connectivity index (χ0v) is 20.4. The van der Waals surface area contributed by atoms with Gasteiger partial charge in [-0.25, -0.2) is 0 Å². The number of likely N-dealkylation sites (N-methyl/N-ethyl adjacent to an activating group) is 1. The molecule has 172 valence electrons. The predicted molar refractivity (Wildman–Crippen MR) is 135 cm³/mol. The maximum absolute atomic E-state index is 13.7. The van der Waals surface area contributed by atoms with Crippen LogP contribution in [0.4, 0.5) is 0 Å². The van der Waals surface area contributed by atoms with Crippen LogP contribution < -0.4 is 5.32 Å². The minimum Gasteiger partial charge on any atom is -0.355 e. The van der Waals surface area contributed by atoms with E-state index in [1.165, 1.54) is 0 Å². The fourth-order valence-electron chi connectivity index (χ4n) is 3.77. The lowest BCUT2D eigenvalue weighted by atomic mass is 10.0. The van der Waals surface area contributed by atoms with Crippen LogP contribution in [0.5, 0.6) is 0 Å². The van der Waals surface area contributed by atoms with Crippen molar-refractivity contribution in [2.45, 2.75) is 39.3 Å². The summed E-state index contributed by atoms with van der Waals surface area (Å²) in [5.74, 6) is -0.394. The third kappa shape index (κ3) is 6.59. The number of nitrogens with one attached hydrogen (secondary N) is 1. The molecular weight excluding hydrogens is 455 g/mol. The fourth-order valence-corrected chi connectivity index (χ4v) is 4.30. The Morgan fingerprint density at radius 2 is 1.55 bits per heavy atom. The van der Waals surface area contributed by atoms with E-state index in [1.807, 2.05) is 68.4 Å². The number of nitrogens with zero attached hydrogens (tertiary/aromatic N) is 1. The van der Waals surface area contributed by atoms with Crippen molar-refractivity contribution in [1.82, 2.24) is 10.2 Å². The first-order chi connectivity index (χ1) is 15.9. The molecule has 0 aliphatic carbocycles. The van der Waals surface area contributed by atoms with Crippen molar-refractivity contribution >= 4 is 35.0 Å². The highest BCUT2D eigenvalue weighted by Gasteiger charge is 2.31. The van der Waals surface area contributed by atoms with E-state index >= 15 is 0 Å². The number of benzene rings is 3. The summed E-state index contributed by atoms with van der Waals surface area (Å²) in [6.45, 7) is 4.66. The molecule has 0 radical (unpaired) electrons. The molecule has 2 amide bonds. The molecule has 1 N–H and O–H groups in total. The first-order valence-electron chi connectivity index (χ1n) is 11.0. The molecule has 0 aromatic heterocycles. The normalized spacial score (nSPS) is 11.6. The fraction of sp³-hybridized carbons (Fsp3) is 0.259. The summed E-state index contributed by atoms with van der Waals surface area (Å²) in [5, 5.41) is 3.77. The molecule has 33 heavy (non-hydrogen) atoms. The second-order valence-corrected chi connectivity index (χ2v) is 8.74. The van der Waals surface area contributed by atoms with Gasteiger partial charge in [-0.2, -0.15) is 0 Å². The van der Waals surface area contributed by atoms with E-state index < -0.39 is 6.04 Å². The summed E-state index contributed by atoms with van der Waals surface area (Å²) in [5.41, 5.74) is 3.58. The van der Waals surface area contributed by atoms with E-state index in [1.54, 1.807) is 23.1 Å². The summed E-state index contributed by atoms with van der Waals surface area (Å²) in [6.07, 6.45) is 0.412. The topological polar surface area (TPSA) is 49.4 Å². The Balaban J connectivity index is 2.01. The van der Waals surface area contributed by atoms with Crippen LogP contribution in [0.3, 0.4) is 0 Å². The molecule has 1 atom stereocenters. The largest absolute Gasteiger partial charge is 0.355 e. The molecule has 0 fully saturated rings. The molecule has 3 rings (SSSR count). The van der Waals surface area contributed by atoms with Gasteiger partial charge in [0.1, 0.15) is 6.04 Å². The summed E-state index contributed by atoms with van der Waals surface area (Å²) in [4.78, 5) is 28.6. The lowest BCUT2D eigenvalue weighted by Crippen LogP contribution is -2.51. The minimum atomic E-state index is -0.680. The van der Waals surface area contributed by atoms with Crippen molar-refractivity contribution in [2.75, 3.05) is 6.54 Å². The van der Waals surface area contributed by atoms with Crippen LogP contribution in [0.2, 0.25) is 10.0 Å². The average molecular weight is 483 g/mol. The Labute approximate surface area is 205 Å². The lowest BCUT2D eigenvalue weighted by Gasteiger charge is -2.32. The second kappa shape index (κ2) is 11.9. The molecule has 6 heteroatoms. The SMILES string of the molecule is CCNC(=O)[C@H](Cc1ccccc1)N(Cc1ccccc1C)C(=O)Cc1c(Cl)cccc1Cl. The van der Waals surface area contributed by atoms with Crippen LogP contribution in [0.25, 0.3) is 0 Å². The average Bonchev–Trinajstić information content (AvgIpc) is 2.80. The van der Waals surface area contributed by atoms with E-state index in [2.05, 4.69) is 5.32 Å². The van der Waals surface area contributed by atoms with Gasteiger partial charge in [-0.15, -0.1) is 0 Å². The highest BCUT2D eigenvalue weighted by Crippen LogP contribution is 2.26. The Kier molecular flexibility index (Phi) is 8.93. The van der Waals surface area contributed by atoms with Crippen LogP contribution in [-0.2, 0) is 29.0 Å². The van der Waals surface area contributed by atoms with Gasteiger partial charge in [-0.05, 0) is 48.2 Å². The Bertz CT molecular complexity index is 1080.